The van der Waals surface area contributed by atoms with E-state index in [1.807, 2.05) is 0 Å². The second-order valence-electron chi connectivity index (χ2n) is 5.59. The van der Waals surface area contributed by atoms with Crippen molar-refractivity contribution in [3.8, 4) is 6.01 Å². The van der Waals surface area contributed by atoms with Gasteiger partial charge in [0.25, 0.3) is 15.9 Å². The molecule has 1 aromatic carbocycles. The van der Waals surface area contributed by atoms with E-state index in [4.69, 9.17) is 27.9 Å². The molecule has 0 spiro atoms. The average Bonchev–Trinajstić information content (AvgIpc) is 2.60. The smallest absolute Gasteiger partial charge is 0.335 e. The van der Waals surface area contributed by atoms with Crippen molar-refractivity contribution < 1.29 is 22.7 Å². The van der Waals surface area contributed by atoms with Crippen LogP contribution in [0.3, 0.4) is 0 Å². The van der Waals surface area contributed by atoms with Crippen LogP contribution in [0, 0.1) is 6.92 Å². The van der Waals surface area contributed by atoms with Crippen molar-refractivity contribution in [3.05, 3.63) is 30.1 Å². The second kappa shape index (κ2) is 8.76. The van der Waals surface area contributed by atoms with Gasteiger partial charge in [-0.3, -0.25) is 10.1 Å². The third-order valence-corrected chi connectivity index (χ3v) is 4.92. The van der Waals surface area contributed by atoms with E-state index >= 15 is 0 Å². The normalized spacial score (nSPS) is 11.5. The Kier molecular flexibility index (Phi) is 6.82. The third-order valence-electron chi connectivity index (χ3n) is 3.19. The Hall–Kier alpha value is -2.70. The first kappa shape index (κ1) is 22.6. The summed E-state index contributed by atoms with van der Waals surface area (Å²) in [4.78, 5) is 35.2. The van der Waals surface area contributed by atoms with Crippen LogP contribution in [0.5, 0.6) is 6.01 Å². The molecule has 14 heteroatoms. The maximum absolute atomic E-state index is 12.6. The van der Waals surface area contributed by atoms with Crippen LogP contribution in [0.1, 0.15) is 12.7 Å². The number of carbonyl (C=O) groups is 2. The number of methoxy groups -OCH3 is 1. The molecule has 0 unspecified atom stereocenters. The van der Waals surface area contributed by atoms with Crippen LogP contribution in [-0.4, -0.2) is 46.8 Å². The molecule has 1 aromatic heterocycles. The third kappa shape index (κ3) is 6.14. The van der Waals surface area contributed by atoms with E-state index in [-0.39, 0.29) is 28.4 Å². The van der Waals surface area contributed by atoms with Gasteiger partial charge in [0.05, 0.1) is 12.8 Å². The van der Waals surface area contributed by atoms with E-state index in [0.29, 0.717) is 0 Å². The topological polar surface area (TPSA) is 152 Å². The molecule has 0 aliphatic rings. The summed E-state index contributed by atoms with van der Waals surface area (Å²) < 4.78 is 30.1. The molecule has 11 nitrogen and oxygen atoms in total. The predicted molar refractivity (Wildman–Crippen MR) is 106 cm³/mol. The Balaban J connectivity index is 2.22. The fourth-order valence-electron chi connectivity index (χ4n) is 1.94. The fourth-order valence-corrected chi connectivity index (χ4v) is 3.11. The summed E-state index contributed by atoms with van der Waals surface area (Å²) in [6.45, 7) is 2.75. The molecular formula is C15H16Cl2N6O5S. The number of carbonyl (C=O) groups excluding carboxylic acids is 2. The highest BCUT2D eigenvalue weighted by atomic mass is 35.5. The molecule has 1 heterocycles. The molecular weight excluding hydrogens is 447 g/mol. The van der Waals surface area contributed by atoms with Gasteiger partial charge in [0.15, 0.2) is 4.33 Å². The fraction of sp³-hybridized carbons (Fsp3) is 0.267. The number of amides is 3. The van der Waals surface area contributed by atoms with Crippen LogP contribution in [-0.2, 0) is 14.8 Å². The van der Waals surface area contributed by atoms with E-state index in [0.717, 1.165) is 0 Å². The minimum absolute atomic E-state index is 0.0612. The molecule has 0 aliphatic heterocycles. The number of sulfonamides is 1. The molecule has 156 valence electrons. The monoisotopic (exact) mass is 462 g/mol. The van der Waals surface area contributed by atoms with Gasteiger partial charge in [-0.15, -0.1) is 0 Å². The lowest BCUT2D eigenvalue weighted by Gasteiger charge is -2.16. The minimum atomic E-state index is -4.39. The quantitative estimate of drug-likeness (QED) is 0.549. The predicted octanol–water partition coefficient (Wildman–Crippen LogP) is 1.83. The number of alkyl halides is 2. The van der Waals surface area contributed by atoms with Gasteiger partial charge in [0.1, 0.15) is 10.7 Å². The summed E-state index contributed by atoms with van der Waals surface area (Å²) in [5, 5.41) is 4.47. The number of ether oxygens (including phenoxy) is 1. The number of hydrogen-bond acceptors (Lipinski definition) is 8. The largest absolute Gasteiger partial charge is 0.467 e. The minimum Gasteiger partial charge on any atom is -0.467 e. The molecule has 29 heavy (non-hydrogen) atoms. The highest BCUT2D eigenvalue weighted by Gasteiger charge is 2.29. The molecule has 2 aromatic rings. The SMILES string of the molecule is COc1nc(C)nc(NC(=O)NS(=O)(=O)c2ccccc2NC(=O)C(C)(Cl)Cl)n1. The van der Waals surface area contributed by atoms with Gasteiger partial charge < -0.3 is 10.1 Å². The average molecular weight is 463 g/mol. The van der Waals surface area contributed by atoms with Crippen LogP contribution in [0.25, 0.3) is 0 Å². The number of nitrogens with one attached hydrogen (secondary N) is 3. The Morgan fingerprint density at radius 3 is 2.38 bits per heavy atom. The van der Waals surface area contributed by atoms with Crippen molar-refractivity contribution in [2.24, 2.45) is 0 Å². The number of benzene rings is 1. The van der Waals surface area contributed by atoms with E-state index in [9.17, 15) is 18.0 Å². The summed E-state index contributed by atoms with van der Waals surface area (Å²) >= 11 is 11.4. The number of urea groups is 1. The summed E-state index contributed by atoms with van der Waals surface area (Å²) in [5.41, 5.74) is -0.122. The van der Waals surface area contributed by atoms with Crippen molar-refractivity contribution in [1.82, 2.24) is 19.7 Å². The summed E-state index contributed by atoms with van der Waals surface area (Å²) in [6, 6.07) is 4.18. The number of nitrogens with zero attached hydrogens (tertiary/aromatic N) is 3. The molecule has 2 rings (SSSR count). The van der Waals surface area contributed by atoms with Gasteiger partial charge in [-0.1, -0.05) is 35.3 Å². The van der Waals surface area contributed by atoms with Gasteiger partial charge in [-0.2, -0.15) is 15.0 Å². The van der Waals surface area contributed by atoms with Gasteiger partial charge in [-0.05, 0) is 26.0 Å². The number of para-hydroxylation sites is 1. The zero-order valence-electron chi connectivity index (χ0n) is 15.4. The molecule has 0 saturated carbocycles. The standard InChI is InChI=1S/C15H16Cl2N6O5S/c1-8-18-12(22-14(19-8)28-3)21-13(25)23-29(26,27)10-7-5-4-6-9(10)20-11(24)15(2,16)17/h4-7H,1-3H3,(H,20,24)(H2,18,19,21,22,23,25). The maximum Gasteiger partial charge on any atom is 0.335 e. The van der Waals surface area contributed by atoms with Crippen LogP contribution in [0.15, 0.2) is 29.2 Å². The van der Waals surface area contributed by atoms with Crippen molar-refractivity contribution >= 4 is 56.8 Å². The molecule has 3 N–H and O–H groups in total. The van der Waals surface area contributed by atoms with E-state index < -0.39 is 26.3 Å². The van der Waals surface area contributed by atoms with Gasteiger partial charge >= 0.3 is 12.0 Å². The lowest BCUT2D eigenvalue weighted by molar-refractivity contribution is -0.116. The summed E-state index contributed by atoms with van der Waals surface area (Å²) in [7, 11) is -3.07. The molecule has 0 fully saturated rings. The maximum atomic E-state index is 12.6. The van der Waals surface area contributed by atoms with Crippen LogP contribution < -0.4 is 20.1 Å². The summed E-state index contributed by atoms with van der Waals surface area (Å²) in [5.74, 6) is -0.822. The first-order valence-corrected chi connectivity index (χ1v) is 10.0. The molecule has 0 atom stereocenters. The molecule has 0 aliphatic carbocycles. The number of halogens is 2. The summed E-state index contributed by atoms with van der Waals surface area (Å²) in [6.07, 6.45) is 0. The zero-order chi connectivity index (χ0) is 21.8. The van der Waals surface area contributed by atoms with E-state index in [1.54, 1.807) is 4.72 Å². The Morgan fingerprint density at radius 1 is 1.10 bits per heavy atom. The second-order valence-corrected chi connectivity index (χ2v) is 8.95. The van der Waals surface area contributed by atoms with Gasteiger partial charge in [-0.25, -0.2) is 17.9 Å². The Morgan fingerprint density at radius 2 is 1.76 bits per heavy atom. The van der Waals surface area contributed by atoms with Gasteiger partial charge in [0.2, 0.25) is 5.95 Å². The molecule has 0 saturated heterocycles. The lowest BCUT2D eigenvalue weighted by Crippen LogP contribution is -2.36. The van der Waals surface area contributed by atoms with E-state index in [2.05, 4.69) is 25.6 Å². The van der Waals surface area contributed by atoms with Crippen molar-refractivity contribution in [3.63, 3.8) is 0 Å². The van der Waals surface area contributed by atoms with E-state index in [1.165, 1.54) is 45.2 Å². The molecule has 3 amide bonds. The van der Waals surface area contributed by atoms with Gasteiger partial charge in [0, 0.05) is 0 Å². The van der Waals surface area contributed by atoms with Crippen molar-refractivity contribution in [2.75, 3.05) is 17.7 Å². The number of aromatic nitrogens is 3. The lowest BCUT2D eigenvalue weighted by atomic mass is 10.3. The Labute approximate surface area is 176 Å². The van der Waals surface area contributed by atoms with Crippen molar-refractivity contribution in [1.29, 1.82) is 0 Å². The number of anilines is 2. The van der Waals surface area contributed by atoms with Crippen LogP contribution in [0.2, 0.25) is 0 Å². The highest BCUT2D eigenvalue weighted by molar-refractivity contribution is 7.90. The van der Waals surface area contributed by atoms with Crippen LogP contribution in [0.4, 0.5) is 16.4 Å². The number of rotatable bonds is 6. The van der Waals surface area contributed by atoms with Crippen LogP contribution >= 0.6 is 23.2 Å². The molecule has 0 bridgehead atoms. The highest BCUT2D eigenvalue weighted by Crippen LogP contribution is 2.25. The first-order valence-electron chi connectivity index (χ1n) is 7.81. The van der Waals surface area contributed by atoms with Crippen molar-refractivity contribution in [2.45, 2.75) is 23.1 Å². The zero-order valence-corrected chi connectivity index (χ0v) is 17.7. The molecule has 0 radical (unpaired) electrons. The number of hydrogen-bond donors (Lipinski definition) is 3. The Bertz CT molecular complexity index is 1040. The number of aryl methyl sites for hydroxylation is 1. The first-order chi connectivity index (χ1) is 13.4.